The van der Waals surface area contributed by atoms with Gasteiger partial charge in [0.1, 0.15) is 5.76 Å². The van der Waals surface area contributed by atoms with Gasteiger partial charge in [-0.25, -0.2) is 0 Å². The highest BCUT2D eigenvalue weighted by Gasteiger charge is 2.46. The number of hydrogen-bond donors (Lipinski definition) is 2. The molecule has 1 aliphatic rings. The van der Waals surface area contributed by atoms with E-state index in [2.05, 4.69) is 5.73 Å². The molecule has 2 aromatic rings. The number of amides is 1. The molecule has 1 heterocycles. The third-order valence-electron chi connectivity index (χ3n) is 4.41. The summed E-state index contributed by atoms with van der Waals surface area (Å²) < 4.78 is 0. The lowest BCUT2D eigenvalue weighted by Crippen LogP contribution is -2.55. The van der Waals surface area contributed by atoms with Crippen LogP contribution in [0.15, 0.2) is 60.2 Å². The number of rotatable bonds is 5. The van der Waals surface area contributed by atoms with Gasteiger partial charge in [0.15, 0.2) is 0 Å². The van der Waals surface area contributed by atoms with E-state index in [9.17, 15) is 24.8 Å². The molecule has 0 spiro atoms. The molecule has 8 heteroatoms. The quantitative estimate of drug-likeness (QED) is 0.270. The molecule has 0 unspecified atom stereocenters. The topological polar surface area (TPSA) is 128 Å². The van der Waals surface area contributed by atoms with Gasteiger partial charge in [0.05, 0.1) is 29.6 Å². The Morgan fingerprint density at radius 3 is 2.30 bits per heavy atom. The third kappa shape index (κ3) is 3.30. The molecule has 0 bridgehead atoms. The van der Waals surface area contributed by atoms with Gasteiger partial charge >= 0.3 is 0 Å². The Balaban J connectivity index is 2.16. The van der Waals surface area contributed by atoms with Crippen LogP contribution in [0, 0.1) is 10.1 Å². The Morgan fingerprint density at radius 2 is 1.74 bits per heavy atom. The second-order valence-electron chi connectivity index (χ2n) is 6.06. The Kier molecular flexibility index (Phi) is 5.00. The molecular formula is C19H18N3O5+. The minimum absolute atomic E-state index is 0.0338. The van der Waals surface area contributed by atoms with Crippen molar-refractivity contribution in [3.63, 3.8) is 0 Å². The van der Waals surface area contributed by atoms with Gasteiger partial charge in [-0.15, -0.1) is 0 Å². The van der Waals surface area contributed by atoms with Crippen molar-refractivity contribution in [3.8, 4) is 0 Å². The Labute approximate surface area is 154 Å². The number of ketones is 1. The summed E-state index contributed by atoms with van der Waals surface area (Å²) in [5.41, 5.74) is 4.51. The number of likely N-dealkylation sites (tertiary alicyclic amines) is 1. The molecule has 0 aromatic heterocycles. The van der Waals surface area contributed by atoms with Crippen molar-refractivity contribution in [2.45, 2.75) is 6.04 Å². The SMILES string of the molecule is [NH3+]CCN1C(=O)C(=O)C(=C(O)c2ccccc2)[C@@H]1c1ccc([N+](=O)[O-])cc1. The van der Waals surface area contributed by atoms with Crippen molar-refractivity contribution >= 4 is 23.1 Å². The van der Waals surface area contributed by atoms with Crippen LogP contribution in [-0.4, -0.2) is 39.7 Å². The number of carbonyl (C=O) groups excluding carboxylic acids is 2. The number of carbonyl (C=O) groups is 2. The fraction of sp³-hybridized carbons (Fsp3) is 0.158. The first-order chi connectivity index (χ1) is 13.0. The molecule has 3 rings (SSSR count). The first-order valence-electron chi connectivity index (χ1n) is 8.33. The number of aliphatic hydroxyl groups excluding tert-OH is 1. The van der Waals surface area contributed by atoms with Crippen LogP contribution in [0.2, 0.25) is 0 Å². The summed E-state index contributed by atoms with van der Waals surface area (Å²) in [6.07, 6.45) is 0. The summed E-state index contributed by atoms with van der Waals surface area (Å²) in [5, 5.41) is 21.6. The molecule has 8 nitrogen and oxygen atoms in total. The van der Waals surface area contributed by atoms with Gasteiger partial charge < -0.3 is 15.7 Å². The maximum Gasteiger partial charge on any atom is 0.295 e. The zero-order valence-corrected chi connectivity index (χ0v) is 14.4. The minimum Gasteiger partial charge on any atom is -0.507 e. The number of nitrogens with zero attached hydrogens (tertiary/aromatic N) is 2. The average molecular weight is 368 g/mol. The van der Waals surface area contributed by atoms with E-state index in [-0.39, 0.29) is 23.6 Å². The van der Waals surface area contributed by atoms with E-state index in [1.807, 2.05) is 0 Å². The van der Waals surface area contributed by atoms with E-state index in [0.717, 1.165) is 0 Å². The van der Waals surface area contributed by atoms with Gasteiger partial charge in [-0.1, -0.05) is 30.3 Å². The van der Waals surface area contributed by atoms with E-state index in [1.54, 1.807) is 30.3 Å². The highest BCUT2D eigenvalue weighted by molar-refractivity contribution is 6.46. The summed E-state index contributed by atoms with van der Waals surface area (Å²) >= 11 is 0. The first kappa shape index (κ1) is 18.3. The number of Topliss-reactive ketones (excluding diaryl/α,β-unsaturated/α-hetero) is 1. The maximum atomic E-state index is 12.6. The second kappa shape index (κ2) is 7.38. The van der Waals surface area contributed by atoms with Crippen LogP contribution in [0.5, 0.6) is 0 Å². The summed E-state index contributed by atoms with van der Waals surface area (Å²) in [4.78, 5) is 36.8. The van der Waals surface area contributed by atoms with Gasteiger partial charge in [-0.3, -0.25) is 19.7 Å². The van der Waals surface area contributed by atoms with Crippen molar-refractivity contribution in [1.29, 1.82) is 0 Å². The molecule has 1 saturated heterocycles. The number of nitro groups is 1. The Morgan fingerprint density at radius 1 is 1.11 bits per heavy atom. The molecule has 138 valence electrons. The lowest BCUT2D eigenvalue weighted by atomic mass is 9.95. The van der Waals surface area contributed by atoms with E-state index >= 15 is 0 Å². The summed E-state index contributed by atoms with van der Waals surface area (Å²) in [5.74, 6) is -1.78. The minimum atomic E-state index is -0.826. The predicted octanol–water partition coefficient (Wildman–Crippen LogP) is 1.26. The molecule has 1 atom stereocenters. The molecule has 27 heavy (non-hydrogen) atoms. The fourth-order valence-electron chi connectivity index (χ4n) is 3.16. The highest BCUT2D eigenvalue weighted by Crippen LogP contribution is 2.39. The highest BCUT2D eigenvalue weighted by atomic mass is 16.6. The van der Waals surface area contributed by atoms with Crippen molar-refractivity contribution < 1.29 is 25.4 Å². The van der Waals surface area contributed by atoms with Gasteiger partial charge in [0, 0.05) is 17.7 Å². The molecule has 1 fully saturated rings. The summed E-state index contributed by atoms with van der Waals surface area (Å²) in [6, 6.07) is 13.2. The van der Waals surface area contributed by atoms with Crippen molar-refractivity contribution in [3.05, 3.63) is 81.4 Å². The maximum absolute atomic E-state index is 12.6. The second-order valence-corrected chi connectivity index (χ2v) is 6.06. The molecule has 0 saturated carbocycles. The molecule has 1 aliphatic heterocycles. The number of hydrogen-bond acceptors (Lipinski definition) is 5. The predicted molar refractivity (Wildman–Crippen MR) is 96.3 cm³/mol. The van der Waals surface area contributed by atoms with Crippen LogP contribution in [0.25, 0.3) is 5.76 Å². The fourth-order valence-corrected chi connectivity index (χ4v) is 3.16. The average Bonchev–Trinajstić information content (AvgIpc) is 2.93. The molecule has 0 radical (unpaired) electrons. The van der Waals surface area contributed by atoms with Crippen molar-refractivity contribution in [1.82, 2.24) is 4.90 Å². The van der Waals surface area contributed by atoms with Crippen molar-refractivity contribution in [2.24, 2.45) is 0 Å². The van der Waals surface area contributed by atoms with E-state index in [1.165, 1.54) is 29.2 Å². The summed E-state index contributed by atoms with van der Waals surface area (Å²) in [6.45, 7) is 0.597. The van der Waals surface area contributed by atoms with E-state index in [4.69, 9.17) is 0 Å². The van der Waals surface area contributed by atoms with Crippen LogP contribution in [0.3, 0.4) is 0 Å². The Hall–Kier alpha value is -3.52. The normalized spacial score (nSPS) is 18.7. The zero-order chi connectivity index (χ0) is 19.6. The lowest BCUT2D eigenvalue weighted by molar-refractivity contribution is -0.384. The van der Waals surface area contributed by atoms with Crippen LogP contribution in [0.4, 0.5) is 5.69 Å². The van der Waals surface area contributed by atoms with Crippen LogP contribution in [0.1, 0.15) is 17.2 Å². The number of aliphatic hydroxyl groups is 1. The number of quaternary nitrogens is 1. The zero-order valence-electron chi connectivity index (χ0n) is 14.4. The smallest absolute Gasteiger partial charge is 0.295 e. The van der Waals surface area contributed by atoms with Crippen LogP contribution >= 0.6 is 0 Å². The van der Waals surface area contributed by atoms with E-state index in [0.29, 0.717) is 17.7 Å². The van der Waals surface area contributed by atoms with Gasteiger partial charge in [0.2, 0.25) is 0 Å². The number of non-ortho nitro benzene ring substituents is 1. The van der Waals surface area contributed by atoms with Gasteiger partial charge in [-0.05, 0) is 17.7 Å². The van der Waals surface area contributed by atoms with Crippen molar-refractivity contribution in [2.75, 3.05) is 13.1 Å². The first-order valence-corrected chi connectivity index (χ1v) is 8.33. The Bertz CT molecular complexity index is 922. The van der Waals surface area contributed by atoms with Crippen LogP contribution in [-0.2, 0) is 9.59 Å². The largest absolute Gasteiger partial charge is 0.507 e. The third-order valence-corrected chi connectivity index (χ3v) is 4.41. The standard InChI is InChI=1S/C19H17N3O5/c20-10-11-21-16(12-6-8-14(9-7-12)22(26)27)15(18(24)19(21)25)17(23)13-4-2-1-3-5-13/h1-9,16,23H,10-11,20H2/p+1/t16-/m0/s1. The number of nitro benzene ring substituents is 1. The van der Waals surface area contributed by atoms with Crippen LogP contribution < -0.4 is 5.73 Å². The monoisotopic (exact) mass is 368 g/mol. The molecule has 0 aliphatic carbocycles. The molecule has 2 aromatic carbocycles. The number of benzene rings is 2. The van der Waals surface area contributed by atoms with E-state index < -0.39 is 22.7 Å². The molecular weight excluding hydrogens is 350 g/mol. The van der Waals surface area contributed by atoms with Gasteiger partial charge in [-0.2, -0.15) is 0 Å². The lowest BCUT2D eigenvalue weighted by Gasteiger charge is -2.24. The summed E-state index contributed by atoms with van der Waals surface area (Å²) in [7, 11) is 0. The molecule has 4 N–H and O–H groups in total. The molecule has 1 amide bonds. The van der Waals surface area contributed by atoms with Gasteiger partial charge in [0.25, 0.3) is 17.4 Å².